The molecule has 1 rings (SSSR count). The van der Waals surface area contributed by atoms with Crippen molar-refractivity contribution in [1.29, 1.82) is 0 Å². The minimum Gasteiger partial charge on any atom is -0.464 e. The average Bonchev–Trinajstić information content (AvgIpc) is 2.27. The Labute approximate surface area is 98.4 Å². The Morgan fingerprint density at radius 1 is 1.53 bits per heavy atom. The first kappa shape index (κ1) is 12.9. The number of ether oxygens (including phenoxy) is 1. The molecule has 17 heavy (non-hydrogen) atoms. The number of rotatable bonds is 5. The maximum atomic E-state index is 11.2. The number of primary amides is 1. The minimum atomic E-state index is -0.566. The van der Waals surface area contributed by atoms with Gasteiger partial charge in [0, 0.05) is 12.5 Å². The van der Waals surface area contributed by atoms with E-state index >= 15 is 0 Å². The van der Waals surface area contributed by atoms with E-state index in [0.717, 1.165) is 0 Å². The van der Waals surface area contributed by atoms with E-state index in [9.17, 15) is 9.59 Å². The lowest BCUT2D eigenvalue weighted by atomic mass is 10.2. The van der Waals surface area contributed by atoms with Crippen molar-refractivity contribution in [3.63, 3.8) is 0 Å². The van der Waals surface area contributed by atoms with Gasteiger partial charge in [-0.1, -0.05) is 0 Å². The van der Waals surface area contributed by atoms with Crippen LogP contribution < -0.4 is 11.1 Å². The Kier molecular flexibility index (Phi) is 4.38. The lowest BCUT2D eigenvalue weighted by Gasteiger charge is -2.12. The molecular formula is C10H14N4O3. The minimum absolute atomic E-state index is 0.101. The second kappa shape index (κ2) is 5.78. The van der Waals surface area contributed by atoms with Gasteiger partial charge in [0.1, 0.15) is 5.82 Å². The number of aromatic nitrogens is 2. The molecule has 0 saturated carbocycles. The summed E-state index contributed by atoms with van der Waals surface area (Å²) in [6.45, 7) is 1.78. The number of nitrogens with one attached hydrogen (secondary N) is 1. The second-order valence-corrected chi connectivity index (χ2v) is 3.50. The molecule has 7 nitrogen and oxygen atoms in total. The van der Waals surface area contributed by atoms with Gasteiger partial charge in [-0.3, -0.25) is 9.78 Å². The predicted octanol–water partition coefficient (Wildman–Crippen LogP) is -0.0610. The summed E-state index contributed by atoms with van der Waals surface area (Å²) in [5.74, 6) is -0.590. The van der Waals surface area contributed by atoms with Gasteiger partial charge in [-0.25, -0.2) is 9.78 Å². The molecule has 0 bridgehead atoms. The molecule has 1 heterocycles. The van der Waals surface area contributed by atoms with Crippen LogP contribution in [0.5, 0.6) is 0 Å². The summed E-state index contributed by atoms with van der Waals surface area (Å²) in [6, 6.07) is -0.185. The molecule has 0 fully saturated rings. The highest BCUT2D eigenvalue weighted by molar-refractivity contribution is 5.87. The van der Waals surface area contributed by atoms with Crippen molar-refractivity contribution < 1.29 is 14.3 Å². The molecule has 1 atom stereocenters. The van der Waals surface area contributed by atoms with Crippen LogP contribution >= 0.6 is 0 Å². The quantitative estimate of drug-likeness (QED) is 0.696. The van der Waals surface area contributed by atoms with E-state index in [1.807, 2.05) is 0 Å². The van der Waals surface area contributed by atoms with Crippen LogP contribution in [0.2, 0.25) is 0 Å². The van der Waals surface area contributed by atoms with E-state index < -0.39 is 11.9 Å². The highest BCUT2D eigenvalue weighted by Crippen LogP contribution is 2.06. The van der Waals surface area contributed by atoms with Crippen molar-refractivity contribution in [2.24, 2.45) is 5.73 Å². The fraction of sp³-hybridized carbons (Fsp3) is 0.400. The Hall–Kier alpha value is -2.18. The normalized spacial score (nSPS) is 11.6. The Bertz CT molecular complexity index is 422. The molecule has 0 aliphatic rings. The zero-order valence-electron chi connectivity index (χ0n) is 9.64. The molecule has 0 aromatic carbocycles. The van der Waals surface area contributed by atoms with Gasteiger partial charge in [0.05, 0.1) is 19.5 Å². The Morgan fingerprint density at radius 3 is 2.82 bits per heavy atom. The van der Waals surface area contributed by atoms with E-state index in [1.165, 1.54) is 19.5 Å². The van der Waals surface area contributed by atoms with Crippen molar-refractivity contribution in [1.82, 2.24) is 9.97 Å². The summed E-state index contributed by atoms with van der Waals surface area (Å²) >= 11 is 0. The molecule has 1 aromatic heterocycles. The molecule has 1 amide bonds. The fourth-order valence-corrected chi connectivity index (χ4v) is 1.24. The summed E-state index contributed by atoms with van der Waals surface area (Å²) in [7, 11) is 1.26. The molecule has 7 heteroatoms. The van der Waals surface area contributed by atoms with Crippen LogP contribution in [0.1, 0.15) is 23.8 Å². The number of nitrogens with two attached hydrogens (primary N) is 1. The standard InChI is InChI=1S/C10H14N4O3/c1-6(3-8(11)15)13-9-5-12-4-7(14-9)10(16)17-2/h4-6H,3H2,1-2H3,(H2,11,15)(H,13,14). The van der Waals surface area contributed by atoms with Crippen LogP contribution in [-0.2, 0) is 9.53 Å². The van der Waals surface area contributed by atoms with Crippen molar-refractivity contribution in [3.8, 4) is 0 Å². The van der Waals surface area contributed by atoms with Crippen molar-refractivity contribution in [2.45, 2.75) is 19.4 Å². The first-order chi connectivity index (χ1) is 8.02. The molecular weight excluding hydrogens is 224 g/mol. The van der Waals surface area contributed by atoms with Gasteiger partial charge in [0.15, 0.2) is 5.69 Å². The third kappa shape index (κ3) is 4.06. The van der Waals surface area contributed by atoms with E-state index in [4.69, 9.17) is 5.73 Å². The summed E-state index contributed by atoms with van der Waals surface area (Å²) in [4.78, 5) is 29.7. The molecule has 0 aliphatic heterocycles. The summed E-state index contributed by atoms with van der Waals surface area (Å²) in [5, 5.41) is 2.91. The third-order valence-electron chi connectivity index (χ3n) is 1.93. The van der Waals surface area contributed by atoms with Crippen molar-refractivity contribution >= 4 is 17.7 Å². The molecule has 1 aromatic rings. The van der Waals surface area contributed by atoms with Crippen LogP contribution in [0.3, 0.4) is 0 Å². The predicted molar refractivity (Wildman–Crippen MR) is 60.3 cm³/mol. The van der Waals surface area contributed by atoms with Crippen LogP contribution in [0, 0.1) is 0 Å². The Morgan fingerprint density at radius 2 is 2.24 bits per heavy atom. The number of carbonyl (C=O) groups is 2. The number of anilines is 1. The van der Waals surface area contributed by atoms with Crippen molar-refractivity contribution in [2.75, 3.05) is 12.4 Å². The van der Waals surface area contributed by atoms with Gasteiger partial charge < -0.3 is 15.8 Å². The summed E-state index contributed by atoms with van der Waals surface area (Å²) < 4.78 is 4.52. The number of esters is 1. The van der Waals surface area contributed by atoms with Gasteiger partial charge >= 0.3 is 5.97 Å². The van der Waals surface area contributed by atoms with E-state index in [1.54, 1.807) is 6.92 Å². The van der Waals surface area contributed by atoms with E-state index in [0.29, 0.717) is 5.82 Å². The Balaban J connectivity index is 2.72. The van der Waals surface area contributed by atoms with Crippen LogP contribution in [0.15, 0.2) is 12.4 Å². The highest BCUT2D eigenvalue weighted by atomic mass is 16.5. The average molecular weight is 238 g/mol. The molecule has 1 unspecified atom stereocenters. The molecule has 3 N–H and O–H groups in total. The van der Waals surface area contributed by atoms with Gasteiger partial charge in [-0.2, -0.15) is 0 Å². The zero-order valence-corrected chi connectivity index (χ0v) is 9.64. The number of amides is 1. The molecule has 0 aliphatic carbocycles. The van der Waals surface area contributed by atoms with Gasteiger partial charge in [-0.15, -0.1) is 0 Å². The van der Waals surface area contributed by atoms with Crippen molar-refractivity contribution in [3.05, 3.63) is 18.1 Å². The third-order valence-corrected chi connectivity index (χ3v) is 1.93. The first-order valence-electron chi connectivity index (χ1n) is 4.98. The molecule has 0 radical (unpaired) electrons. The lowest BCUT2D eigenvalue weighted by molar-refractivity contribution is -0.118. The maximum Gasteiger partial charge on any atom is 0.358 e. The zero-order chi connectivity index (χ0) is 12.8. The van der Waals surface area contributed by atoms with Gasteiger partial charge in [-0.05, 0) is 6.92 Å². The lowest BCUT2D eigenvalue weighted by Crippen LogP contribution is -2.24. The number of hydrogen-bond acceptors (Lipinski definition) is 6. The molecule has 92 valence electrons. The van der Waals surface area contributed by atoms with E-state index in [2.05, 4.69) is 20.0 Å². The topological polar surface area (TPSA) is 107 Å². The largest absolute Gasteiger partial charge is 0.464 e. The number of carbonyl (C=O) groups excluding carboxylic acids is 2. The highest BCUT2D eigenvalue weighted by Gasteiger charge is 2.11. The first-order valence-corrected chi connectivity index (χ1v) is 4.98. The van der Waals surface area contributed by atoms with Crippen LogP contribution in [-0.4, -0.2) is 35.0 Å². The SMILES string of the molecule is COC(=O)c1cncc(NC(C)CC(N)=O)n1. The summed E-state index contributed by atoms with van der Waals surface area (Å²) in [5.41, 5.74) is 5.16. The fourth-order valence-electron chi connectivity index (χ4n) is 1.24. The molecule has 0 saturated heterocycles. The summed E-state index contributed by atoms with van der Waals surface area (Å²) in [6.07, 6.45) is 2.92. The maximum absolute atomic E-state index is 11.2. The van der Waals surface area contributed by atoms with Crippen LogP contribution in [0.25, 0.3) is 0 Å². The number of methoxy groups -OCH3 is 1. The monoisotopic (exact) mass is 238 g/mol. The number of nitrogens with zero attached hydrogens (tertiary/aromatic N) is 2. The smallest absolute Gasteiger partial charge is 0.358 e. The molecule has 0 spiro atoms. The van der Waals surface area contributed by atoms with Gasteiger partial charge in [0.2, 0.25) is 5.91 Å². The van der Waals surface area contributed by atoms with E-state index in [-0.39, 0.29) is 18.2 Å². The second-order valence-electron chi connectivity index (χ2n) is 3.50. The number of hydrogen-bond donors (Lipinski definition) is 2. The van der Waals surface area contributed by atoms with Gasteiger partial charge in [0.25, 0.3) is 0 Å². The van der Waals surface area contributed by atoms with Crippen LogP contribution in [0.4, 0.5) is 5.82 Å².